The van der Waals surface area contributed by atoms with E-state index in [4.69, 9.17) is 21.1 Å². The molecule has 4 rings (SSSR count). The monoisotopic (exact) mass is 429 g/mol. The molecule has 2 aliphatic rings. The summed E-state index contributed by atoms with van der Waals surface area (Å²) in [5, 5.41) is 10.1. The minimum atomic E-state index is -0.412. The van der Waals surface area contributed by atoms with Crippen molar-refractivity contribution < 1.29 is 19.4 Å². The van der Waals surface area contributed by atoms with E-state index in [0.717, 1.165) is 36.1 Å². The van der Waals surface area contributed by atoms with Gasteiger partial charge in [-0.25, -0.2) is 0 Å². The minimum absolute atomic E-state index is 0.0128. The van der Waals surface area contributed by atoms with Crippen LogP contribution in [-0.2, 0) is 12.8 Å². The lowest BCUT2D eigenvalue weighted by Gasteiger charge is -2.31. The second kappa shape index (κ2) is 8.48. The van der Waals surface area contributed by atoms with Gasteiger partial charge in [0.15, 0.2) is 11.5 Å². The standard InChI is InChI=1S/C24H28ClNO4/c1-24(13-16-3-5-20(25)6-4-16)14-19-11-18(12-21(29-2)22(19)30-24)23(28)26-9-7-17(15-27)8-10-26/h3-6,11-12,17,27H,7-10,13-15H2,1-2H3. The molecule has 5 nitrogen and oxygen atoms in total. The van der Waals surface area contributed by atoms with Gasteiger partial charge in [0.1, 0.15) is 5.60 Å². The smallest absolute Gasteiger partial charge is 0.254 e. The number of nitrogens with zero attached hydrogens (tertiary/aromatic N) is 1. The van der Waals surface area contributed by atoms with Crippen LogP contribution in [0.3, 0.4) is 0 Å². The Bertz CT molecular complexity index is 922. The average Bonchev–Trinajstić information content (AvgIpc) is 3.10. The Morgan fingerprint density at radius 1 is 1.27 bits per heavy atom. The van der Waals surface area contributed by atoms with Crippen LogP contribution in [0.15, 0.2) is 36.4 Å². The summed E-state index contributed by atoms with van der Waals surface area (Å²) >= 11 is 6.01. The fourth-order valence-corrected chi connectivity index (χ4v) is 4.63. The quantitative estimate of drug-likeness (QED) is 0.776. The number of rotatable bonds is 5. The lowest BCUT2D eigenvalue weighted by molar-refractivity contribution is 0.0650. The summed E-state index contributed by atoms with van der Waals surface area (Å²) < 4.78 is 11.9. The predicted octanol–water partition coefficient (Wildman–Crippen LogP) is 4.13. The number of ether oxygens (including phenoxy) is 2. The van der Waals surface area contributed by atoms with Gasteiger partial charge in [-0.3, -0.25) is 4.79 Å². The third kappa shape index (κ3) is 4.28. The van der Waals surface area contributed by atoms with Crippen LogP contribution in [0.25, 0.3) is 0 Å². The zero-order valence-corrected chi connectivity index (χ0v) is 18.2. The van der Waals surface area contributed by atoms with E-state index in [1.54, 1.807) is 13.2 Å². The zero-order valence-electron chi connectivity index (χ0n) is 17.5. The first kappa shape index (κ1) is 21.0. The summed E-state index contributed by atoms with van der Waals surface area (Å²) in [5.74, 6) is 1.63. The number of carbonyl (C=O) groups is 1. The Hall–Kier alpha value is -2.24. The molecule has 1 amide bonds. The summed E-state index contributed by atoms with van der Waals surface area (Å²) in [6.07, 6.45) is 3.12. The van der Waals surface area contributed by atoms with Crippen LogP contribution in [0.1, 0.15) is 41.3 Å². The number of aliphatic hydroxyl groups excluding tert-OH is 1. The van der Waals surface area contributed by atoms with Crippen LogP contribution >= 0.6 is 11.6 Å². The van der Waals surface area contributed by atoms with Gasteiger partial charge in [-0.05, 0) is 55.5 Å². The Kier molecular flexibility index (Phi) is 5.94. The van der Waals surface area contributed by atoms with Crippen LogP contribution in [0.5, 0.6) is 11.5 Å². The molecular formula is C24H28ClNO4. The van der Waals surface area contributed by atoms with Gasteiger partial charge < -0.3 is 19.5 Å². The topological polar surface area (TPSA) is 59.0 Å². The van der Waals surface area contributed by atoms with Gasteiger partial charge in [-0.1, -0.05) is 23.7 Å². The van der Waals surface area contributed by atoms with Gasteiger partial charge in [0.2, 0.25) is 0 Å². The van der Waals surface area contributed by atoms with Crippen molar-refractivity contribution in [2.24, 2.45) is 5.92 Å². The molecule has 0 aromatic heterocycles. The van der Waals surface area contributed by atoms with E-state index in [9.17, 15) is 9.90 Å². The first-order valence-corrected chi connectivity index (χ1v) is 10.8. The van der Waals surface area contributed by atoms with Crippen molar-refractivity contribution in [2.45, 2.75) is 38.2 Å². The van der Waals surface area contributed by atoms with E-state index in [1.165, 1.54) is 0 Å². The highest BCUT2D eigenvalue weighted by Gasteiger charge is 2.38. The second-order valence-electron chi connectivity index (χ2n) is 8.62. The third-order valence-corrected chi connectivity index (χ3v) is 6.41. The maximum Gasteiger partial charge on any atom is 0.254 e. The summed E-state index contributed by atoms with van der Waals surface area (Å²) in [6.45, 7) is 3.63. The molecular weight excluding hydrogens is 402 g/mol. The second-order valence-corrected chi connectivity index (χ2v) is 9.05. The van der Waals surface area contributed by atoms with Crippen LogP contribution in [0.4, 0.5) is 0 Å². The number of halogens is 1. The Balaban J connectivity index is 1.54. The highest BCUT2D eigenvalue weighted by Crippen LogP contribution is 2.44. The Labute approximate surface area is 182 Å². The first-order chi connectivity index (χ1) is 14.4. The number of amides is 1. The van der Waals surface area contributed by atoms with E-state index in [2.05, 4.69) is 6.92 Å². The lowest BCUT2D eigenvalue weighted by Crippen LogP contribution is -2.39. The van der Waals surface area contributed by atoms with Crippen LogP contribution in [-0.4, -0.2) is 48.3 Å². The van der Waals surface area contributed by atoms with Crippen molar-refractivity contribution in [3.8, 4) is 11.5 Å². The van der Waals surface area contributed by atoms with Crippen LogP contribution in [0, 0.1) is 5.92 Å². The predicted molar refractivity (Wildman–Crippen MR) is 117 cm³/mol. The molecule has 0 bridgehead atoms. The molecule has 0 saturated carbocycles. The molecule has 6 heteroatoms. The molecule has 1 fully saturated rings. The van der Waals surface area contributed by atoms with Gasteiger partial charge in [0, 0.05) is 48.7 Å². The molecule has 2 aromatic carbocycles. The van der Waals surface area contributed by atoms with E-state index in [-0.39, 0.29) is 12.5 Å². The SMILES string of the molecule is COc1cc(C(=O)N2CCC(CO)CC2)cc2c1OC(C)(Cc1ccc(Cl)cc1)C2. The molecule has 1 N–H and O–H groups in total. The van der Waals surface area contributed by atoms with E-state index >= 15 is 0 Å². The average molecular weight is 430 g/mol. The van der Waals surface area contributed by atoms with Crippen molar-refractivity contribution in [3.05, 3.63) is 58.1 Å². The Morgan fingerprint density at radius 3 is 2.60 bits per heavy atom. The summed E-state index contributed by atoms with van der Waals surface area (Å²) in [5.41, 5.74) is 2.37. The molecule has 2 heterocycles. The van der Waals surface area contributed by atoms with Gasteiger partial charge in [-0.15, -0.1) is 0 Å². The summed E-state index contributed by atoms with van der Waals surface area (Å²) in [7, 11) is 1.61. The molecule has 0 radical (unpaired) electrons. The zero-order chi connectivity index (χ0) is 21.3. The highest BCUT2D eigenvalue weighted by atomic mass is 35.5. The first-order valence-electron chi connectivity index (χ1n) is 10.5. The van der Waals surface area contributed by atoms with Crippen LogP contribution < -0.4 is 9.47 Å². The molecule has 2 aromatic rings. The minimum Gasteiger partial charge on any atom is -0.493 e. The molecule has 1 atom stereocenters. The van der Waals surface area contributed by atoms with Crippen molar-refractivity contribution in [1.29, 1.82) is 0 Å². The molecule has 30 heavy (non-hydrogen) atoms. The van der Waals surface area contributed by atoms with Gasteiger partial charge >= 0.3 is 0 Å². The molecule has 1 unspecified atom stereocenters. The number of piperidine rings is 1. The molecule has 2 aliphatic heterocycles. The van der Waals surface area contributed by atoms with Crippen molar-refractivity contribution in [1.82, 2.24) is 4.90 Å². The van der Waals surface area contributed by atoms with Crippen LogP contribution in [0.2, 0.25) is 5.02 Å². The fourth-order valence-electron chi connectivity index (χ4n) is 4.50. The number of methoxy groups -OCH3 is 1. The normalized spacial score (nSPS) is 21.3. The molecule has 160 valence electrons. The largest absolute Gasteiger partial charge is 0.493 e. The number of aliphatic hydroxyl groups is 1. The van der Waals surface area contributed by atoms with E-state index in [1.807, 2.05) is 35.2 Å². The number of carbonyl (C=O) groups excluding carboxylic acids is 1. The fraction of sp³-hybridized carbons (Fsp3) is 0.458. The van der Waals surface area contributed by atoms with Gasteiger partial charge in [-0.2, -0.15) is 0 Å². The van der Waals surface area contributed by atoms with Gasteiger partial charge in [0.25, 0.3) is 5.91 Å². The number of hydrogen-bond acceptors (Lipinski definition) is 4. The number of benzene rings is 2. The van der Waals surface area contributed by atoms with Crippen molar-refractivity contribution in [3.63, 3.8) is 0 Å². The third-order valence-electron chi connectivity index (χ3n) is 6.16. The summed E-state index contributed by atoms with van der Waals surface area (Å²) in [4.78, 5) is 15.0. The van der Waals surface area contributed by atoms with E-state index < -0.39 is 5.60 Å². The Morgan fingerprint density at radius 2 is 1.97 bits per heavy atom. The number of fused-ring (bicyclic) bond motifs is 1. The lowest BCUT2D eigenvalue weighted by atomic mass is 9.91. The maximum absolute atomic E-state index is 13.1. The van der Waals surface area contributed by atoms with Gasteiger partial charge in [0.05, 0.1) is 7.11 Å². The molecule has 0 spiro atoms. The van der Waals surface area contributed by atoms with Crippen molar-refractivity contribution in [2.75, 3.05) is 26.8 Å². The number of likely N-dealkylation sites (tertiary alicyclic amines) is 1. The molecule has 0 aliphatic carbocycles. The van der Waals surface area contributed by atoms with Crippen molar-refractivity contribution >= 4 is 17.5 Å². The highest BCUT2D eigenvalue weighted by molar-refractivity contribution is 6.30. The molecule has 1 saturated heterocycles. The maximum atomic E-state index is 13.1. The van der Waals surface area contributed by atoms with E-state index in [0.29, 0.717) is 41.8 Å². The summed E-state index contributed by atoms with van der Waals surface area (Å²) in [6, 6.07) is 11.5. The number of hydrogen-bond donors (Lipinski definition) is 1.